The van der Waals surface area contributed by atoms with Crippen molar-refractivity contribution in [1.29, 1.82) is 0 Å². The van der Waals surface area contributed by atoms with Crippen molar-refractivity contribution in [3.05, 3.63) is 53.4 Å². The summed E-state index contributed by atoms with van der Waals surface area (Å²) < 4.78 is 58.1. The van der Waals surface area contributed by atoms with E-state index < -0.39 is 28.3 Å². The molecule has 266 valence electrons. The van der Waals surface area contributed by atoms with Gasteiger partial charge in [-0.05, 0) is 81.7 Å². The highest BCUT2D eigenvalue weighted by Gasteiger charge is 2.53. The van der Waals surface area contributed by atoms with Gasteiger partial charge in [0.1, 0.15) is 40.6 Å². The third kappa shape index (κ3) is 5.26. The fourth-order valence-electron chi connectivity index (χ4n) is 8.84. The Morgan fingerprint density at radius 1 is 1.18 bits per heavy atom. The lowest BCUT2D eigenvalue weighted by Gasteiger charge is -2.48. The van der Waals surface area contributed by atoms with Gasteiger partial charge >= 0.3 is 6.01 Å². The summed E-state index contributed by atoms with van der Waals surface area (Å²) in [5.41, 5.74) is -2.00. The lowest BCUT2D eigenvalue weighted by atomic mass is 9.80. The second-order valence-corrected chi connectivity index (χ2v) is 14.9. The lowest BCUT2D eigenvalue weighted by Crippen LogP contribution is -2.68. The summed E-state index contributed by atoms with van der Waals surface area (Å²) in [5.74, 6) is 0.917. The summed E-state index contributed by atoms with van der Waals surface area (Å²) in [4.78, 5) is 18.3. The Kier molecular flexibility index (Phi) is 7.86. The molecule has 0 radical (unpaired) electrons. The molecule has 4 aliphatic heterocycles. The molecule has 2 aromatic carbocycles. The van der Waals surface area contributed by atoms with E-state index in [0.717, 1.165) is 32.2 Å². The van der Waals surface area contributed by atoms with Crippen molar-refractivity contribution < 1.29 is 32.9 Å². The highest BCUT2D eigenvalue weighted by Crippen LogP contribution is 2.46. The maximum atomic E-state index is 17.3. The van der Waals surface area contributed by atoms with Crippen molar-refractivity contribution in [3.63, 3.8) is 0 Å². The summed E-state index contributed by atoms with van der Waals surface area (Å²) in [5, 5.41) is 26.4. The van der Waals surface area contributed by atoms with Crippen LogP contribution in [0, 0.1) is 24.0 Å². The van der Waals surface area contributed by atoms with Crippen LogP contribution in [0.15, 0.2) is 36.2 Å². The molecule has 0 saturated carbocycles. The van der Waals surface area contributed by atoms with Gasteiger partial charge in [0.25, 0.3) is 0 Å². The highest BCUT2D eigenvalue weighted by molar-refractivity contribution is 6.04. The smallest absolute Gasteiger partial charge is 0.319 e. The maximum Gasteiger partial charge on any atom is 0.319 e. The second kappa shape index (κ2) is 12.0. The first-order chi connectivity index (χ1) is 24.4. The van der Waals surface area contributed by atoms with Crippen molar-refractivity contribution >= 4 is 27.5 Å². The number of pyridine rings is 1. The van der Waals surface area contributed by atoms with E-state index in [1.165, 1.54) is 31.4 Å². The van der Waals surface area contributed by atoms with Crippen LogP contribution >= 0.6 is 0 Å². The van der Waals surface area contributed by atoms with Crippen molar-refractivity contribution in [1.82, 2.24) is 25.2 Å². The Hall–Kier alpha value is -4.64. The van der Waals surface area contributed by atoms with Crippen LogP contribution in [0.25, 0.3) is 32.9 Å². The monoisotopic (exact) mass is 700 g/mol. The van der Waals surface area contributed by atoms with E-state index in [0.29, 0.717) is 49.2 Å². The molecule has 13 heteroatoms. The molecule has 0 spiro atoms. The molecular weight excluding hydrogens is 661 g/mol. The number of nitrogens with one attached hydrogen (secondary N) is 1. The minimum atomic E-state index is -1.10. The van der Waals surface area contributed by atoms with Crippen molar-refractivity contribution in [2.45, 2.75) is 68.7 Å². The standard InChI is InChI=1S/C38H39F3N6O4/c1-5-25-27(40)8-7-22-13-24(48)14-26(28(22)25)31-30(41)32-29(34(42-31)50-4)33(46-18-23-9-11-38(19-46,45-23)36(2,3)49)44-35(43-32)51-20-37-10-6-12-47(37)17-21(15-37)16-39/h1,7-8,13-14,16,23,45,48-49H,6,9-12,15,17-20H2,2-4H3/b21-16+/t23?,37-,38?/m0/s1. The number of hydrogen-bond donors (Lipinski definition) is 3. The summed E-state index contributed by atoms with van der Waals surface area (Å²) in [6, 6.07) is 5.27. The first kappa shape index (κ1) is 33.5. The van der Waals surface area contributed by atoms with Crippen LogP contribution in [0.4, 0.5) is 19.0 Å². The van der Waals surface area contributed by atoms with E-state index in [2.05, 4.69) is 26.1 Å². The van der Waals surface area contributed by atoms with Gasteiger partial charge in [-0.1, -0.05) is 12.0 Å². The van der Waals surface area contributed by atoms with E-state index in [1.54, 1.807) is 13.8 Å². The zero-order valence-corrected chi connectivity index (χ0v) is 28.7. The fourth-order valence-corrected chi connectivity index (χ4v) is 8.84. The summed E-state index contributed by atoms with van der Waals surface area (Å²) >= 11 is 0. The number of piperazine rings is 1. The molecule has 0 amide bonds. The Bertz CT molecular complexity index is 2170. The van der Waals surface area contributed by atoms with E-state index in [-0.39, 0.29) is 63.4 Å². The van der Waals surface area contributed by atoms with Gasteiger partial charge in [-0.15, -0.1) is 6.42 Å². The number of halogens is 3. The van der Waals surface area contributed by atoms with Gasteiger partial charge < -0.3 is 29.9 Å². The zero-order valence-electron chi connectivity index (χ0n) is 28.7. The Morgan fingerprint density at radius 3 is 2.75 bits per heavy atom. The Balaban J connectivity index is 1.33. The molecule has 2 unspecified atom stereocenters. The first-order valence-corrected chi connectivity index (χ1v) is 17.2. The number of phenols is 1. The quantitative estimate of drug-likeness (QED) is 0.218. The number of aromatic hydroxyl groups is 1. The summed E-state index contributed by atoms with van der Waals surface area (Å²) in [6.07, 6.45) is 10.2. The number of methoxy groups -OCH3 is 1. The molecule has 0 aliphatic carbocycles. The fraction of sp³-hybridized carbons (Fsp3) is 0.447. The second-order valence-electron chi connectivity index (χ2n) is 14.9. The predicted molar refractivity (Wildman–Crippen MR) is 187 cm³/mol. The molecule has 4 fully saturated rings. The van der Waals surface area contributed by atoms with Gasteiger partial charge in [0.15, 0.2) is 5.82 Å². The van der Waals surface area contributed by atoms with Gasteiger partial charge in [0.2, 0.25) is 5.88 Å². The Labute approximate surface area is 293 Å². The number of phenolic OH excluding ortho intramolecular Hbond substituents is 1. The molecule has 10 nitrogen and oxygen atoms in total. The third-order valence-corrected chi connectivity index (χ3v) is 11.4. The average Bonchev–Trinajstić information content (AvgIpc) is 3.77. The van der Waals surface area contributed by atoms with E-state index >= 15 is 8.78 Å². The molecule has 51 heavy (non-hydrogen) atoms. The maximum absolute atomic E-state index is 17.3. The molecule has 2 bridgehead atoms. The number of anilines is 1. The average molecular weight is 701 g/mol. The van der Waals surface area contributed by atoms with Crippen LogP contribution < -0.4 is 19.7 Å². The predicted octanol–water partition coefficient (Wildman–Crippen LogP) is 5.37. The van der Waals surface area contributed by atoms with Gasteiger partial charge in [0.05, 0.1) is 35.7 Å². The van der Waals surface area contributed by atoms with E-state index in [9.17, 15) is 14.6 Å². The molecule has 4 saturated heterocycles. The number of nitrogens with zero attached hydrogens (tertiary/aromatic N) is 5. The van der Waals surface area contributed by atoms with Crippen LogP contribution in [-0.4, -0.2) is 92.7 Å². The number of fused-ring (bicyclic) bond motifs is 5. The minimum absolute atomic E-state index is 0.00429. The van der Waals surface area contributed by atoms with Crippen molar-refractivity contribution in [3.8, 4) is 41.2 Å². The van der Waals surface area contributed by atoms with Crippen LogP contribution in [0.3, 0.4) is 0 Å². The summed E-state index contributed by atoms with van der Waals surface area (Å²) in [7, 11) is 1.40. The number of terminal acetylenes is 1. The van der Waals surface area contributed by atoms with Gasteiger partial charge in [0, 0.05) is 36.6 Å². The summed E-state index contributed by atoms with van der Waals surface area (Å²) in [6.45, 7) is 5.87. The van der Waals surface area contributed by atoms with Crippen LogP contribution in [-0.2, 0) is 0 Å². The normalized spacial score (nSPS) is 25.6. The largest absolute Gasteiger partial charge is 0.508 e. The van der Waals surface area contributed by atoms with Crippen molar-refractivity contribution in [2.75, 3.05) is 44.8 Å². The van der Waals surface area contributed by atoms with Gasteiger partial charge in [-0.2, -0.15) is 9.97 Å². The number of rotatable bonds is 7. The SMILES string of the molecule is C#Cc1c(F)ccc2cc(O)cc(-c3nc(OC)c4c(N5CC6CCC(C(C)(C)O)(C5)N6)nc(OC[C@@]56CCCN5C/C(=C/F)C6)nc4c3F)c12. The molecule has 2 aromatic heterocycles. The van der Waals surface area contributed by atoms with Crippen LogP contribution in [0.5, 0.6) is 17.6 Å². The first-order valence-electron chi connectivity index (χ1n) is 17.2. The molecule has 3 atom stereocenters. The van der Waals surface area contributed by atoms with Crippen LogP contribution in [0.2, 0.25) is 0 Å². The van der Waals surface area contributed by atoms with Gasteiger partial charge in [-0.3, -0.25) is 4.90 Å². The highest BCUT2D eigenvalue weighted by atomic mass is 19.1. The number of aliphatic hydroxyl groups is 1. The zero-order chi connectivity index (χ0) is 35.9. The molecular formula is C38H39F3N6O4. The molecule has 4 aromatic rings. The van der Waals surface area contributed by atoms with Gasteiger partial charge in [-0.25, -0.2) is 18.2 Å². The topological polar surface area (TPSA) is 116 Å². The third-order valence-electron chi connectivity index (χ3n) is 11.4. The lowest BCUT2D eigenvalue weighted by molar-refractivity contribution is -0.0162. The van der Waals surface area contributed by atoms with E-state index in [1.807, 2.05) is 4.90 Å². The molecule has 4 aliphatic rings. The molecule has 6 heterocycles. The Morgan fingerprint density at radius 2 is 2.00 bits per heavy atom. The molecule has 3 N–H and O–H groups in total. The minimum Gasteiger partial charge on any atom is -0.508 e. The number of ether oxygens (including phenoxy) is 2. The molecule has 8 rings (SSSR count). The number of aromatic nitrogens is 3. The van der Waals surface area contributed by atoms with Crippen LogP contribution in [0.1, 0.15) is 51.5 Å². The number of hydrogen-bond acceptors (Lipinski definition) is 10. The number of benzene rings is 2. The van der Waals surface area contributed by atoms with Crippen molar-refractivity contribution in [2.24, 2.45) is 0 Å². The van der Waals surface area contributed by atoms with E-state index in [4.69, 9.17) is 20.9 Å².